The van der Waals surface area contributed by atoms with E-state index in [9.17, 15) is 43.2 Å². The van der Waals surface area contributed by atoms with Crippen molar-refractivity contribution in [2.75, 3.05) is 14.1 Å². The lowest BCUT2D eigenvalue weighted by Gasteiger charge is -2.30. The van der Waals surface area contributed by atoms with Gasteiger partial charge in [-0.3, -0.25) is 12.3 Å². The van der Waals surface area contributed by atoms with Crippen LogP contribution in [-0.4, -0.2) is 55.2 Å². The average Bonchev–Trinajstić information content (AvgIpc) is 2.10. The summed E-state index contributed by atoms with van der Waals surface area (Å²) in [4.78, 5) is 0. The fourth-order valence-corrected chi connectivity index (χ4v) is 6.23. The molecule has 0 unspecified atom stereocenters. The summed E-state index contributed by atoms with van der Waals surface area (Å²) in [7, 11) is -16.2. The van der Waals surface area contributed by atoms with Gasteiger partial charge < -0.3 is 0 Å². The Kier molecular flexibility index (Phi) is 5.54. The second kappa shape index (κ2) is 5.65. The maximum Gasteiger partial charge on any atom is 0.522 e. The molecule has 0 aliphatic heterocycles. The molecule has 128 valence electrons. The normalized spacial score (nSPS) is 15.5. The molecule has 0 aliphatic carbocycles. The Hall–Kier alpha value is -0.423. The molecule has 0 heterocycles. The van der Waals surface area contributed by atoms with Crippen molar-refractivity contribution in [2.24, 2.45) is 0 Å². The third-order valence-corrected chi connectivity index (χ3v) is 8.90. The van der Waals surface area contributed by atoms with E-state index in [-0.39, 0.29) is 0 Å². The predicted molar refractivity (Wildman–Crippen MR) is 57.4 cm³/mol. The Labute approximate surface area is 117 Å². The fraction of sp³-hybridized carbons (Fsp3) is 1.00. The van der Waals surface area contributed by atoms with Crippen molar-refractivity contribution < 1.29 is 50.9 Å². The molecule has 0 atom stereocenters. The van der Waals surface area contributed by atoms with Gasteiger partial charge in [-0.2, -0.15) is 43.2 Å². The first-order valence-corrected chi connectivity index (χ1v) is 9.65. The van der Waals surface area contributed by atoms with Crippen LogP contribution in [0, 0.1) is 0 Å². The molecule has 21 heavy (non-hydrogen) atoms. The summed E-state index contributed by atoms with van der Waals surface area (Å²) in [6.45, 7) is 0.388. The van der Waals surface area contributed by atoms with E-state index in [4.69, 9.17) is 0 Å². The molecule has 0 aliphatic rings. The first kappa shape index (κ1) is 20.6. The van der Waals surface area contributed by atoms with Crippen LogP contribution in [0.25, 0.3) is 0 Å². The molecule has 0 aromatic heterocycles. The Morgan fingerprint density at radius 2 is 1.05 bits per heavy atom. The quantitative estimate of drug-likeness (QED) is 0.394. The molecule has 0 spiro atoms. The van der Waals surface area contributed by atoms with Crippen LogP contribution >= 0.6 is 0 Å². The van der Waals surface area contributed by atoms with Crippen LogP contribution in [-0.2, 0) is 28.0 Å². The molecule has 0 aromatic carbocycles. The van der Waals surface area contributed by atoms with Crippen LogP contribution in [0.15, 0.2) is 0 Å². The van der Waals surface area contributed by atoms with Gasteiger partial charge in [-0.1, -0.05) is 0 Å². The molecular weight excluding hydrogens is 376 g/mol. The first-order valence-electron chi connectivity index (χ1n) is 4.57. The molecule has 0 aromatic rings. The van der Waals surface area contributed by atoms with Crippen molar-refractivity contribution in [1.29, 1.82) is 0 Å². The Bertz CT molecular complexity index is 534. The molecule has 0 bridgehead atoms. The van der Waals surface area contributed by atoms with Gasteiger partial charge in [-0.05, 0) is 20.6 Å². The van der Waals surface area contributed by atoms with Gasteiger partial charge in [0.1, 0.15) is 0 Å². The lowest BCUT2D eigenvalue weighted by atomic mass is 11.3. The summed E-state index contributed by atoms with van der Waals surface area (Å²) >= 11 is 0. The van der Waals surface area contributed by atoms with E-state index < -0.39 is 40.0 Å². The maximum atomic E-state index is 12.2. The molecule has 7 nitrogen and oxygen atoms in total. The highest BCUT2D eigenvalue weighted by Gasteiger charge is 2.59. The number of halogens is 6. The van der Waals surface area contributed by atoms with Crippen LogP contribution in [0.4, 0.5) is 26.3 Å². The molecule has 0 N–H and O–H groups in total. The monoisotopic (exact) mass is 385 g/mol. The standard InChI is InChI=1S/C5H9F6NO6S2Si/c1-12(2)21(3,17-19(13,14)4(6,7)8)18-20(15,16)5(9,10)11/h1-3H3. The minimum atomic E-state index is -6.36. The van der Waals surface area contributed by atoms with Crippen molar-refractivity contribution in [2.45, 2.75) is 17.6 Å². The van der Waals surface area contributed by atoms with Crippen molar-refractivity contribution in [1.82, 2.24) is 4.57 Å². The SMILES string of the molecule is CN(C)[Si](C)(OS(=O)(=O)C(F)(F)F)OS(=O)(=O)C(F)(F)F. The zero-order valence-electron chi connectivity index (χ0n) is 10.5. The van der Waals surface area contributed by atoms with E-state index in [1.165, 1.54) is 0 Å². The Morgan fingerprint density at radius 3 is 1.19 bits per heavy atom. The topological polar surface area (TPSA) is 90.0 Å². The average molecular weight is 385 g/mol. The van der Waals surface area contributed by atoms with Gasteiger partial charge in [-0.15, -0.1) is 0 Å². The summed E-state index contributed by atoms with van der Waals surface area (Å²) in [6.07, 6.45) is 0. The minimum absolute atomic E-state index is 0.388. The summed E-state index contributed by atoms with van der Waals surface area (Å²) in [5.74, 6) is 0. The van der Waals surface area contributed by atoms with Crippen LogP contribution in [0.2, 0.25) is 6.55 Å². The molecule has 16 heteroatoms. The van der Waals surface area contributed by atoms with Crippen LogP contribution in [0.3, 0.4) is 0 Å². The number of nitrogens with zero attached hydrogens (tertiary/aromatic N) is 1. The van der Waals surface area contributed by atoms with Crippen molar-refractivity contribution >= 4 is 29.0 Å². The first-order chi connectivity index (χ1) is 8.86. The highest BCUT2D eigenvalue weighted by atomic mass is 32.2. The van der Waals surface area contributed by atoms with Gasteiger partial charge in [0.05, 0.1) is 0 Å². The number of alkyl halides is 6. The van der Waals surface area contributed by atoms with Crippen molar-refractivity contribution in [3.63, 3.8) is 0 Å². The third kappa shape index (κ3) is 4.78. The second-order valence-corrected chi connectivity index (χ2v) is 10.5. The van der Waals surface area contributed by atoms with Gasteiger partial charge in [0, 0.05) is 0 Å². The van der Waals surface area contributed by atoms with E-state index in [1.807, 2.05) is 0 Å². The van der Waals surface area contributed by atoms with E-state index in [0.29, 0.717) is 11.1 Å². The second-order valence-electron chi connectivity index (χ2n) is 3.76. The summed E-state index contributed by atoms with van der Waals surface area (Å²) in [6, 6.07) is 0. The molecular formula is C5H9F6NO6S2Si. The molecule has 0 saturated carbocycles. The van der Waals surface area contributed by atoms with Crippen LogP contribution in [0.1, 0.15) is 0 Å². The Balaban J connectivity index is 5.72. The van der Waals surface area contributed by atoms with Crippen molar-refractivity contribution in [3.05, 3.63) is 0 Å². The molecule has 0 rings (SSSR count). The van der Waals surface area contributed by atoms with E-state index in [2.05, 4.69) is 7.74 Å². The third-order valence-electron chi connectivity index (χ3n) is 1.91. The lowest BCUT2D eigenvalue weighted by molar-refractivity contribution is -0.0540. The maximum absolute atomic E-state index is 12.2. The van der Waals surface area contributed by atoms with Gasteiger partial charge in [0.25, 0.3) is 0 Å². The molecule has 0 radical (unpaired) electrons. The van der Waals surface area contributed by atoms with Gasteiger partial charge in [0.2, 0.25) is 0 Å². The van der Waals surface area contributed by atoms with Crippen molar-refractivity contribution in [3.8, 4) is 0 Å². The zero-order valence-corrected chi connectivity index (χ0v) is 13.1. The molecule has 0 saturated heterocycles. The number of rotatable bonds is 5. The molecule has 0 amide bonds. The summed E-state index contributed by atoms with van der Waals surface area (Å²) in [5, 5.41) is 0. The fourth-order valence-electron chi connectivity index (χ4n) is 0.665. The van der Waals surface area contributed by atoms with Crippen LogP contribution in [0.5, 0.6) is 0 Å². The van der Waals surface area contributed by atoms with Gasteiger partial charge in [0.15, 0.2) is 0 Å². The van der Waals surface area contributed by atoms with E-state index in [1.54, 1.807) is 0 Å². The Morgan fingerprint density at radius 1 is 0.810 bits per heavy atom. The van der Waals surface area contributed by atoms with E-state index >= 15 is 0 Å². The highest BCUT2D eigenvalue weighted by Crippen LogP contribution is 2.32. The van der Waals surface area contributed by atoms with Gasteiger partial charge >= 0.3 is 40.0 Å². The summed E-state index contributed by atoms with van der Waals surface area (Å²) in [5.41, 5.74) is -11.9. The largest absolute Gasteiger partial charge is 0.522 e. The van der Waals surface area contributed by atoms with Gasteiger partial charge in [-0.25, -0.2) is 0 Å². The van der Waals surface area contributed by atoms with Crippen LogP contribution < -0.4 is 0 Å². The van der Waals surface area contributed by atoms with E-state index in [0.717, 1.165) is 14.1 Å². The highest BCUT2D eigenvalue weighted by molar-refractivity contribution is 7.90. The smallest absolute Gasteiger partial charge is 0.284 e. The number of hydrogen-bond donors (Lipinski definition) is 0. The lowest BCUT2D eigenvalue weighted by Crippen LogP contribution is -2.57. The minimum Gasteiger partial charge on any atom is -0.284 e. The predicted octanol–water partition coefficient (Wildman–Crippen LogP) is 0.849. The molecule has 0 fully saturated rings. The zero-order chi connectivity index (χ0) is 17.5. The number of hydrogen-bond acceptors (Lipinski definition) is 7. The summed E-state index contributed by atoms with van der Waals surface area (Å²) < 4.78 is 124.